The van der Waals surface area contributed by atoms with Gasteiger partial charge in [-0.05, 0) is 30.7 Å². The second-order valence-electron chi connectivity index (χ2n) is 6.38. The molecule has 0 atom stereocenters. The van der Waals surface area contributed by atoms with Crippen LogP contribution in [0.5, 0.6) is 0 Å². The van der Waals surface area contributed by atoms with Crippen molar-refractivity contribution >= 4 is 11.4 Å². The molecule has 0 N–H and O–H groups in total. The van der Waals surface area contributed by atoms with Crippen molar-refractivity contribution in [3.8, 4) is 0 Å². The SMILES string of the molecule is COCc1cc([N+](=O)[O-])ccc1N1CCC2(CCCC2)C1. The van der Waals surface area contributed by atoms with Crippen LogP contribution in [0.3, 0.4) is 0 Å². The molecule has 1 aliphatic carbocycles. The smallest absolute Gasteiger partial charge is 0.269 e. The number of non-ortho nitro benzene ring substituents is 1. The molecular weight excluding hydrogens is 268 g/mol. The summed E-state index contributed by atoms with van der Waals surface area (Å²) in [5, 5.41) is 10.9. The Bertz CT molecular complexity index is 538. The summed E-state index contributed by atoms with van der Waals surface area (Å²) in [4.78, 5) is 13.0. The minimum Gasteiger partial charge on any atom is -0.380 e. The molecule has 0 radical (unpaired) electrons. The fourth-order valence-corrected chi connectivity index (χ4v) is 3.94. The topological polar surface area (TPSA) is 55.6 Å². The van der Waals surface area contributed by atoms with Crippen LogP contribution in [-0.4, -0.2) is 25.1 Å². The average Bonchev–Trinajstić information content (AvgIpc) is 3.10. The lowest BCUT2D eigenvalue weighted by Gasteiger charge is -2.26. The van der Waals surface area contributed by atoms with Gasteiger partial charge in [0.2, 0.25) is 0 Å². The van der Waals surface area contributed by atoms with E-state index in [0.717, 1.165) is 24.3 Å². The van der Waals surface area contributed by atoms with Crippen molar-refractivity contribution < 1.29 is 9.66 Å². The first kappa shape index (κ1) is 14.3. The van der Waals surface area contributed by atoms with Crippen LogP contribution in [-0.2, 0) is 11.3 Å². The summed E-state index contributed by atoms with van der Waals surface area (Å²) >= 11 is 0. The zero-order valence-electron chi connectivity index (χ0n) is 12.5. The van der Waals surface area contributed by atoms with E-state index in [-0.39, 0.29) is 10.6 Å². The number of nitro groups is 1. The first-order chi connectivity index (χ1) is 10.1. The fraction of sp³-hybridized carbons (Fsp3) is 0.625. The van der Waals surface area contributed by atoms with Crippen LogP contribution in [0.1, 0.15) is 37.7 Å². The number of methoxy groups -OCH3 is 1. The molecule has 0 bridgehead atoms. The molecule has 1 aromatic rings. The van der Waals surface area contributed by atoms with Gasteiger partial charge in [-0.25, -0.2) is 0 Å². The van der Waals surface area contributed by atoms with Gasteiger partial charge >= 0.3 is 0 Å². The lowest BCUT2D eigenvalue weighted by atomic mass is 9.86. The number of anilines is 1. The predicted octanol–water partition coefficient (Wildman–Crippen LogP) is 3.51. The van der Waals surface area contributed by atoms with Crippen LogP contribution >= 0.6 is 0 Å². The number of ether oxygens (including phenoxy) is 1. The van der Waals surface area contributed by atoms with Gasteiger partial charge in [-0.15, -0.1) is 0 Å². The van der Waals surface area contributed by atoms with Gasteiger partial charge in [0.25, 0.3) is 5.69 Å². The largest absolute Gasteiger partial charge is 0.380 e. The highest BCUT2D eigenvalue weighted by atomic mass is 16.6. The summed E-state index contributed by atoms with van der Waals surface area (Å²) < 4.78 is 5.23. The zero-order chi connectivity index (χ0) is 14.9. The average molecular weight is 290 g/mol. The van der Waals surface area contributed by atoms with Crippen molar-refractivity contribution in [2.24, 2.45) is 5.41 Å². The minimum atomic E-state index is -0.342. The second-order valence-corrected chi connectivity index (χ2v) is 6.38. The molecule has 114 valence electrons. The van der Waals surface area contributed by atoms with Gasteiger partial charge in [0.1, 0.15) is 0 Å². The van der Waals surface area contributed by atoms with E-state index < -0.39 is 0 Å². The van der Waals surface area contributed by atoms with Crippen molar-refractivity contribution in [3.05, 3.63) is 33.9 Å². The van der Waals surface area contributed by atoms with E-state index in [0.29, 0.717) is 12.0 Å². The summed E-state index contributed by atoms with van der Waals surface area (Å²) in [6, 6.07) is 5.15. The van der Waals surface area contributed by atoms with Crippen molar-refractivity contribution in [1.82, 2.24) is 0 Å². The molecule has 1 spiro atoms. The van der Waals surface area contributed by atoms with Crippen molar-refractivity contribution in [2.45, 2.75) is 38.7 Å². The lowest BCUT2D eigenvalue weighted by Crippen LogP contribution is -2.25. The second kappa shape index (κ2) is 5.64. The van der Waals surface area contributed by atoms with E-state index in [1.807, 2.05) is 6.07 Å². The maximum atomic E-state index is 10.9. The van der Waals surface area contributed by atoms with Gasteiger partial charge in [-0.3, -0.25) is 10.1 Å². The summed E-state index contributed by atoms with van der Waals surface area (Å²) in [7, 11) is 1.63. The Kier molecular flexibility index (Phi) is 3.85. The van der Waals surface area contributed by atoms with Crippen LogP contribution < -0.4 is 4.90 Å². The first-order valence-corrected chi connectivity index (χ1v) is 7.65. The molecule has 2 fully saturated rings. The highest BCUT2D eigenvalue weighted by Crippen LogP contribution is 2.46. The van der Waals surface area contributed by atoms with E-state index >= 15 is 0 Å². The Morgan fingerprint density at radius 1 is 1.33 bits per heavy atom. The molecule has 3 rings (SSSR count). The van der Waals surface area contributed by atoms with Crippen LogP contribution in [0, 0.1) is 15.5 Å². The number of nitro benzene ring substituents is 1. The Labute approximate surface area is 125 Å². The third kappa shape index (κ3) is 2.75. The highest BCUT2D eigenvalue weighted by molar-refractivity contribution is 5.58. The van der Waals surface area contributed by atoms with Crippen molar-refractivity contribution in [2.75, 3.05) is 25.1 Å². The molecule has 0 aromatic heterocycles. The molecule has 1 saturated heterocycles. The molecular formula is C16H22N2O3. The fourth-order valence-electron chi connectivity index (χ4n) is 3.94. The molecule has 5 heteroatoms. The van der Waals surface area contributed by atoms with E-state index in [1.165, 1.54) is 32.1 Å². The molecule has 21 heavy (non-hydrogen) atoms. The van der Waals surface area contributed by atoms with E-state index in [9.17, 15) is 10.1 Å². The molecule has 1 aliphatic heterocycles. The van der Waals surface area contributed by atoms with Crippen molar-refractivity contribution in [1.29, 1.82) is 0 Å². The van der Waals surface area contributed by atoms with Gasteiger partial charge in [0.05, 0.1) is 11.5 Å². The standard InChI is InChI=1S/C16H22N2O3/c1-21-11-13-10-14(18(19)20)4-5-15(13)17-9-8-16(12-17)6-2-3-7-16/h4-5,10H,2-3,6-9,11-12H2,1H3. The number of nitrogens with zero attached hydrogens (tertiary/aromatic N) is 2. The Morgan fingerprint density at radius 3 is 2.76 bits per heavy atom. The predicted molar refractivity (Wildman–Crippen MR) is 81.5 cm³/mol. The van der Waals surface area contributed by atoms with Gasteiger partial charge in [0, 0.05) is 43.6 Å². The quantitative estimate of drug-likeness (QED) is 0.629. The van der Waals surface area contributed by atoms with E-state index in [2.05, 4.69) is 4.90 Å². The minimum absolute atomic E-state index is 0.139. The number of hydrogen-bond acceptors (Lipinski definition) is 4. The number of hydrogen-bond donors (Lipinski definition) is 0. The summed E-state index contributed by atoms with van der Waals surface area (Å²) in [6.07, 6.45) is 6.60. The third-order valence-electron chi connectivity index (χ3n) is 5.02. The normalized spacial score (nSPS) is 20.3. The summed E-state index contributed by atoms with van der Waals surface area (Å²) in [6.45, 7) is 2.55. The van der Waals surface area contributed by atoms with E-state index in [4.69, 9.17) is 4.74 Å². The molecule has 0 unspecified atom stereocenters. The van der Waals surface area contributed by atoms with Crippen LogP contribution in [0.4, 0.5) is 11.4 Å². The molecule has 0 amide bonds. The van der Waals surface area contributed by atoms with E-state index in [1.54, 1.807) is 19.2 Å². The Morgan fingerprint density at radius 2 is 2.10 bits per heavy atom. The Hall–Kier alpha value is -1.62. The summed E-state index contributed by atoms with van der Waals surface area (Å²) in [5.41, 5.74) is 2.65. The van der Waals surface area contributed by atoms with Gasteiger partial charge in [-0.2, -0.15) is 0 Å². The van der Waals surface area contributed by atoms with Gasteiger partial charge in [-0.1, -0.05) is 12.8 Å². The van der Waals surface area contributed by atoms with Crippen molar-refractivity contribution in [3.63, 3.8) is 0 Å². The number of rotatable bonds is 4. The highest BCUT2D eigenvalue weighted by Gasteiger charge is 2.40. The maximum Gasteiger partial charge on any atom is 0.269 e. The zero-order valence-corrected chi connectivity index (χ0v) is 12.5. The summed E-state index contributed by atoms with van der Waals surface area (Å²) in [5.74, 6) is 0. The van der Waals surface area contributed by atoms with Crippen LogP contribution in [0.25, 0.3) is 0 Å². The molecule has 1 aromatic carbocycles. The van der Waals surface area contributed by atoms with Gasteiger partial charge < -0.3 is 9.64 Å². The third-order valence-corrected chi connectivity index (χ3v) is 5.02. The maximum absolute atomic E-state index is 10.9. The van der Waals surface area contributed by atoms with Gasteiger partial charge in [0.15, 0.2) is 0 Å². The monoisotopic (exact) mass is 290 g/mol. The number of benzene rings is 1. The molecule has 1 heterocycles. The van der Waals surface area contributed by atoms with Crippen LogP contribution in [0.2, 0.25) is 0 Å². The molecule has 1 saturated carbocycles. The Balaban J connectivity index is 1.86. The molecule has 2 aliphatic rings. The van der Waals surface area contributed by atoms with Crippen LogP contribution in [0.15, 0.2) is 18.2 Å². The molecule has 5 nitrogen and oxygen atoms in total. The first-order valence-electron chi connectivity index (χ1n) is 7.65. The lowest BCUT2D eigenvalue weighted by molar-refractivity contribution is -0.384.